The van der Waals surface area contributed by atoms with E-state index in [0.717, 1.165) is 24.6 Å². The minimum Gasteiger partial charge on any atom is -0.495 e. The van der Waals surface area contributed by atoms with E-state index in [4.69, 9.17) is 4.74 Å². The number of ether oxygens (including phenoxy) is 1. The highest BCUT2D eigenvalue weighted by molar-refractivity contribution is 5.02. The molecule has 0 aromatic rings. The van der Waals surface area contributed by atoms with Crippen molar-refractivity contribution in [3.8, 4) is 0 Å². The van der Waals surface area contributed by atoms with Crippen molar-refractivity contribution in [3.63, 3.8) is 0 Å². The van der Waals surface area contributed by atoms with Gasteiger partial charge < -0.3 is 10.1 Å². The van der Waals surface area contributed by atoms with E-state index in [0.29, 0.717) is 0 Å². The first-order valence-electron chi connectivity index (χ1n) is 5.67. The predicted octanol–water partition coefficient (Wildman–Crippen LogP) is 3.94. The van der Waals surface area contributed by atoms with E-state index in [1.54, 1.807) is 0 Å². The number of hydrogen-bond acceptors (Lipinski definition) is 2. The number of allylic oxidation sites excluding steroid dienone is 2. The molecule has 88 valence electrons. The third-order valence-corrected chi connectivity index (χ3v) is 1.34. The van der Waals surface area contributed by atoms with Gasteiger partial charge in [0.25, 0.3) is 0 Å². The molecule has 0 aromatic carbocycles. The third kappa shape index (κ3) is 11.3. The van der Waals surface area contributed by atoms with Crippen LogP contribution in [0.2, 0.25) is 0 Å². The van der Waals surface area contributed by atoms with Gasteiger partial charge in [0.05, 0.1) is 0 Å². The van der Waals surface area contributed by atoms with Crippen LogP contribution in [0, 0.1) is 0 Å². The summed E-state index contributed by atoms with van der Waals surface area (Å²) in [6, 6.07) is 0. The standard InChI is InChI=1S/C6H11NO.2C3H8.H2/c1-5-6(2)8-4-3-7-5;2*1-3-2;/h7H,3-4H2,1-2H3;2*3H2,1-2H3;1H. The minimum absolute atomic E-state index is 0. The molecular weight excluding hydrogens is 174 g/mol. The second kappa shape index (κ2) is 12.3. The molecular formula is C12H29NO. The van der Waals surface area contributed by atoms with Gasteiger partial charge in [0.1, 0.15) is 12.4 Å². The van der Waals surface area contributed by atoms with Gasteiger partial charge in [-0.05, 0) is 13.8 Å². The quantitative estimate of drug-likeness (QED) is 0.644. The van der Waals surface area contributed by atoms with E-state index < -0.39 is 0 Å². The summed E-state index contributed by atoms with van der Waals surface area (Å²) in [5.74, 6) is 1.02. The fourth-order valence-electron chi connectivity index (χ4n) is 0.675. The molecule has 2 heteroatoms. The highest BCUT2D eigenvalue weighted by Crippen LogP contribution is 2.04. The zero-order valence-corrected chi connectivity index (χ0v) is 10.7. The Morgan fingerprint density at radius 3 is 1.79 bits per heavy atom. The Morgan fingerprint density at radius 1 is 1.14 bits per heavy atom. The molecule has 0 spiro atoms. The maximum absolute atomic E-state index is 5.21. The summed E-state index contributed by atoms with van der Waals surface area (Å²) >= 11 is 0. The number of hydrogen-bond donors (Lipinski definition) is 1. The Labute approximate surface area is 91.2 Å². The van der Waals surface area contributed by atoms with Crippen molar-refractivity contribution >= 4 is 0 Å². The van der Waals surface area contributed by atoms with E-state index >= 15 is 0 Å². The highest BCUT2D eigenvalue weighted by atomic mass is 16.5. The lowest BCUT2D eigenvalue weighted by atomic mass is 10.4. The van der Waals surface area contributed by atoms with E-state index in [1.165, 1.54) is 12.8 Å². The van der Waals surface area contributed by atoms with Crippen LogP contribution in [0.5, 0.6) is 0 Å². The Bertz CT molecular complexity index is 131. The SMILES string of the molecule is CC1=C(C)OCCN1.CCC.CCC.[HH]. The normalized spacial score (nSPS) is 13.9. The highest BCUT2D eigenvalue weighted by Gasteiger charge is 2.01. The summed E-state index contributed by atoms with van der Waals surface area (Å²) in [7, 11) is 0. The van der Waals surface area contributed by atoms with Crippen LogP contribution in [0.4, 0.5) is 0 Å². The van der Waals surface area contributed by atoms with Gasteiger partial charge in [-0.25, -0.2) is 0 Å². The molecule has 0 amide bonds. The Kier molecular flexibility index (Phi) is 13.9. The summed E-state index contributed by atoms with van der Waals surface area (Å²) in [5.41, 5.74) is 1.16. The van der Waals surface area contributed by atoms with Gasteiger partial charge in [0.2, 0.25) is 0 Å². The first kappa shape index (κ1) is 15.8. The lowest BCUT2D eigenvalue weighted by molar-refractivity contribution is 0.193. The molecule has 0 bridgehead atoms. The van der Waals surface area contributed by atoms with E-state index in [9.17, 15) is 0 Å². The molecule has 0 saturated heterocycles. The van der Waals surface area contributed by atoms with Gasteiger partial charge >= 0.3 is 0 Å². The van der Waals surface area contributed by atoms with Crippen molar-refractivity contribution in [2.24, 2.45) is 0 Å². The molecule has 14 heavy (non-hydrogen) atoms. The van der Waals surface area contributed by atoms with Gasteiger partial charge in [-0.3, -0.25) is 0 Å². The van der Waals surface area contributed by atoms with E-state index in [-0.39, 0.29) is 1.43 Å². The van der Waals surface area contributed by atoms with Crippen LogP contribution < -0.4 is 5.32 Å². The summed E-state index contributed by atoms with van der Waals surface area (Å²) < 4.78 is 5.21. The van der Waals surface area contributed by atoms with Gasteiger partial charge in [-0.2, -0.15) is 0 Å². The fraction of sp³-hybridized carbons (Fsp3) is 0.833. The van der Waals surface area contributed by atoms with Crippen LogP contribution in [0.3, 0.4) is 0 Å². The zero-order chi connectivity index (χ0) is 11.4. The first-order chi connectivity index (χ1) is 6.63. The molecule has 0 unspecified atom stereocenters. The second-order valence-corrected chi connectivity index (χ2v) is 3.37. The van der Waals surface area contributed by atoms with Crippen molar-refractivity contribution in [1.82, 2.24) is 5.32 Å². The summed E-state index contributed by atoms with van der Waals surface area (Å²) in [4.78, 5) is 0. The smallest absolute Gasteiger partial charge is 0.111 e. The van der Waals surface area contributed by atoms with E-state index in [2.05, 4.69) is 33.0 Å². The lowest BCUT2D eigenvalue weighted by Gasteiger charge is -2.17. The van der Waals surface area contributed by atoms with Gasteiger partial charge in [0, 0.05) is 13.7 Å². The van der Waals surface area contributed by atoms with Crippen LogP contribution in [0.15, 0.2) is 11.5 Å². The maximum atomic E-state index is 5.21. The third-order valence-electron chi connectivity index (χ3n) is 1.34. The predicted molar refractivity (Wildman–Crippen MR) is 66.4 cm³/mol. The molecule has 0 radical (unpaired) electrons. The van der Waals surface area contributed by atoms with Crippen molar-refractivity contribution < 1.29 is 6.16 Å². The average molecular weight is 203 g/mol. The van der Waals surface area contributed by atoms with Crippen LogP contribution in [-0.4, -0.2) is 13.2 Å². The molecule has 0 aliphatic carbocycles. The molecule has 1 rings (SSSR count). The largest absolute Gasteiger partial charge is 0.495 e. The molecule has 1 aliphatic heterocycles. The van der Waals surface area contributed by atoms with E-state index in [1.807, 2.05) is 13.8 Å². The maximum Gasteiger partial charge on any atom is 0.111 e. The Balaban J connectivity index is -0.000000177. The van der Waals surface area contributed by atoms with Crippen LogP contribution >= 0.6 is 0 Å². The topological polar surface area (TPSA) is 21.3 Å². The van der Waals surface area contributed by atoms with Crippen LogP contribution in [0.25, 0.3) is 0 Å². The average Bonchev–Trinajstić information content (AvgIpc) is 2.13. The molecule has 0 saturated carbocycles. The Morgan fingerprint density at radius 2 is 1.57 bits per heavy atom. The van der Waals surface area contributed by atoms with Gasteiger partial charge in [0.15, 0.2) is 0 Å². The van der Waals surface area contributed by atoms with Crippen LogP contribution in [-0.2, 0) is 4.74 Å². The van der Waals surface area contributed by atoms with Crippen molar-refractivity contribution in [1.29, 1.82) is 0 Å². The van der Waals surface area contributed by atoms with Gasteiger partial charge in [-0.15, -0.1) is 0 Å². The monoisotopic (exact) mass is 203 g/mol. The fourth-order valence-corrected chi connectivity index (χ4v) is 0.675. The van der Waals surface area contributed by atoms with Crippen molar-refractivity contribution in [2.75, 3.05) is 13.2 Å². The molecule has 0 aromatic heterocycles. The summed E-state index contributed by atoms with van der Waals surface area (Å²) in [6.07, 6.45) is 2.50. The van der Waals surface area contributed by atoms with Crippen molar-refractivity contribution in [2.45, 2.75) is 54.4 Å². The molecule has 0 atom stereocenters. The molecule has 2 nitrogen and oxygen atoms in total. The van der Waals surface area contributed by atoms with Crippen LogP contribution in [0.1, 0.15) is 55.8 Å². The molecule has 0 fully saturated rings. The minimum atomic E-state index is 0. The number of nitrogens with one attached hydrogen (secondary N) is 1. The second-order valence-electron chi connectivity index (χ2n) is 3.37. The Hall–Kier alpha value is -0.660. The number of rotatable bonds is 0. The summed E-state index contributed by atoms with van der Waals surface area (Å²) in [6.45, 7) is 14.3. The summed E-state index contributed by atoms with van der Waals surface area (Å²) in [5, 5.41) is 3.19. The zero-order valence-electron chi connectivity index (χ0n) is 10.7. The van der Waals surface area contributed by atoms with Gasteiger partial charge in [-0.1, -0.05) is 40.5 Å². The molecule has 1 aliphatic rings. The first-order valence-corrected chi connectivity index (χ1v) is 5.67. The molecule has 1 N–H and O–H groups in total. The lowest BCUT2D eigenvalue weighted by Crippen LogP contribution is -2.24. The molecule has 1 heterocycles. The van der Waals surface area contributed by atoms with Crippen molar-refractivity contribution in [3.05, 3.63) is 11.5 Å².